The highest BCUT2D eigenvalue weighted by Crippen LogP contribution is 2.31. The molecule has 0 heterocycles. The van der Waals surface area contributed by atoms with E-state index in [1.54, 1.807) is 18.0 Å². The van der Waals surface area contributed by atoms with Gasteiger partial charge < -0.3 is 10.6 Å². The Balaban J connectivity index is 2.07. The van der Waals surface area contributed by atoms with E-state index in [9.17, 15) is 4.79 Å². The number of amides is 1. The van der Waals surface area contributed by atoms with Gasteiger partial charge in [-0.05, 0) is 36.5 Å². The van der Waals surface area contributed by atoms with E-state index in [0.29, 0.717) is 18.0 Å². The normalized spacial score (nSPS) is 25.1. The molecule has 4 nitrogen and oxygen atoms in total. The molecule has 112 valence electrons. The maximum absolute atomic E-state index is 12.7. The molecule has 2 unspecified atom stereocenters. The van der Waals surface area contributed by atoms with Crippen molar-refractivity contribution in [3.63, 3.8) is 0 Å². The van der Waals surface area contributed by atoms with Gasteiger partial charge in [-0.3, -0.25) is 4.79 Å². The summed E-state index contributed by atoms with van der Waals surface area (Å²) in [5.41, 5.74) is 7.21. The number of carbonyl (C=O) groups excluding carboxylic acids is 1. The van der Waals surface area contributed by atoms with E-state index in [1.165, 1.54) is 0 Å². The average Bonchev–Trinajstić information content (AvgIpc) is 2.46. The molecule has 2 N–H and O–H groups in total. The fraction of sp³-hybridized carbons (Fsp3) is 0.529. The molecule has 1 amide bonds. The summed E-state index contributed by atoms with van der Waals surface area (Å²) in [4.78, 5) is 14.3. The summed E-state index contributed by atoms with van der Waals surface area (Å²) in [6.07, 6.45) is 3.69. The molecule has 0 radical (unpaired) electrons. The van der Waals surface area contributed by atoms with Crippen LogP contribution in [-0.2, 0) is 11.3 Å². The first-order chi connectivity index (χ1) is 9.94. The zero-order valence-electron chi connectivity index (χ0n) is 12.8. The molecule has 0 saturated heterocycles. The minimum atomic E-state index is -0.723. The van der Waals surface area contributed by atoms with Crippen LogP contribution in [-0.4, -0.2) is 23.4 Å². The van der Waals surface area contributed by atoms with Crippen LogP contribution in [0.25, 0.3) is 0 Å². The molecular weight excluding hydrogens is 262 g/mol. The van der Waals surface area contributed by atoms with Gasteiger partial charge in [-0.15, -0.1) is 0 Å². The highest BCUT2D eigenvalue weighted by molar-refractivity contribution is 5.86. The van der Waals surface area contributed by atoms with Gasteiger partial charge in [-0.25, -0.2) is 0 Å². The minimum Gasteiger partial charge on any atom is -0.340 e. The van der Waals surface area contributed by atoms with Crippen molar-refractivity contribution in [2.75, 3.05) is 7.05 Å². The third-order valence-corrected chi connectivity index (χ3v) is 4.28. The van der Waals surface area contributed by atoms with Crippen molar-refractivity contribution in [1.82, 2.24) is 4.90 Å². The lowest BCUT2D eigenvalue weighted by atomic mass is 9.76. The zero-order valence-corrected chi connectivity index (χ0v) is 12.8. The Morgan fingerprint density at radius 1 is 1.57 bits per heavy atom. The van der Waals surface area contributed by atoms with Crippen molar-refractivity contribution < 1.29 is 4.79 Å². The van der Waals surface area contributed by atoms with Gasteiger partial charge in [0.1, 0.15) is 0 Å². The number of nitriles is 1. The van der Waals surface area contributed by atoms with E-state index in [0.717, 1.165) is 31.2 Å². The topological polar surface area (TPSA) is 70.1 Å². The molecular formula is C17H23N3O. The number of nitrogens with two attached hydrogens (primary N) is 1. The number of carbonyl (C=O) groups is 1. The molecule has 1 saturated carbocycles. The molecule has 21 heavy (non-hydrogen) atoms. The molecule has 0 aliphatic heterocycles. The Morgan fingerprint density at radius 3 is 3.00 bits per heavy atom. The zero-order chi connectivity index (χ0) is 15.5. The third-order valence-electron chi connectivity index (χ3n) is 4.28. The highest BCUT2D eigenvalue weighted by atomic mass is 16.2. The van der Waals surface area contributed by atoms with E-state index in [2.05, 4.69) is 13.0 Å². The van der Waals surface area contributed by atoms with Crippen LogP contribution in [0.4, 0.5) is 0 Å². The molecule has 1 aliphatic carbocycles. The molecule has 1 aromatic carbocycles. The van der Waals surface area contributed by atoms with Crippen LogP contribution in [0.3, 0.4) is 0 Å². The fourth-order valence-electron chi connectivity index (χ4n) is 3.25. The standard InChI is InChI=1S/C17H23N3O/c1-13-5-4-8-17(19,10-13)16(21)20(2)12-15-7-3-6-14(9-15)11-18/h3,6-7,9,13H,4-5,8,10,12,19H2,1-2H3. The van der Waals surface area contributed by atoms with Crippen molar-refractivity contribution in [3.8, 4) is 6.07 Å². The number of rotatable bonds is 3. The van der Waals surface area contributed by atoms with Crippen LogP contribution < -0.4 is 5.73 Å². The van der Waals surface area contributed by atoms with E-state index in [4.69, 9.17) is 11.0 Å². The Hall–Kier alpha value is -1.86. The molecule has 4 heteroatoms. The first-order valence-electron chi connectivity index (χ1n) is 7.48. The number of likely N-dealkylation sites (N-methyl/N-ethyl adjacent to an activating group) is 1. The molecule has 2 atom stereocenters. The second kappa shape index (κ2) is 6.28. The lowest BCUT2D eigenvalue weighted by molar-refractivity contribution is -0.138. The number of benzene rings is 1. The predicted molar refractivity (Wildman–Crippen MR) is 82.2 cm³/mol. The van der Waals surface area contributed by atoms with Gasteiger partial charge in [-0.2, -0.15) is 5.26 Å². The lowest BCUT2D eigenvalue weighted by Crippen LogP contribution is -2.56. The van der Waals surface area contributed by atoms with E-state index < -0.39 is 5.54 Å². The van der Waals surface area contributed by atoms with E-state index in [1.807, 2.05) is 18.2 Å². The van der Waals surface area contributed by atoms with Gasteiger partial charge in [0.2, 0.25) is 5.91 Å². The van der Waals surface area contributed by atoms with E-state index >= 15 is 0 Å². The monoisotopic (exact) mass is 285 g/mol. The molecule has 0 aromatic heterocycles. The second-order valence-corrected chi connectivity index (χ2v) is 6.33. The second-order valence-electron chi connectivity index (χ2n) is 6.33. The summed E-state index contributed by atoms with van der Waals surface area (Å²) in [5.74, 6) is 0.513. The summed E-state index contributed by atoms with van der Waals surface area (Å²) in [5, 5.41) is 8.93. The van der Waals surface area contributed by atoms with Crippen molar-refractivity contribution >= 4 is 5.91 Å². The number of hydrogen-bond acceptors (Lipinski definition) is 3. The van der Waals surface area contributed by atoms with Crippen molar-refractivity contribution in [2.24, 2.45) is 11.7 Å². The van der Waals surface area contributed by atoms with Crippen LogP contribution in [0.15, 0.2) is 24.3 Å². The smallest absolute Gasteiger partial charge is 0.242 e. The molecule has 2 rings (SSSR count). The molecule has 0 spiro atoms. The Labute approximate surface area is 126 Å². The SMILES string of the molecule is CC1CCCC(N)(C(=O)N(C)Cc2cccc(C#N)c2)C1. The summed E-state index contributed by atoms with van der Waals surface area (Å²) in [6.45, 7) is 2.64. The van der Waals surface area contributed by atoms with Gasteiger partial charge in [0.15, 0.2) is 0 Å². The largest absolute Gasteiger partial charge is 0.340 e. The van der Waals surface area contributed by atoms with Crippen LogP contribution in [0.1, 0.15) is 43.7 Å². The quantitative estimate of drug-likeness (QED) is 0.927. The van der Waals surface area contributed by atoms with Crippen molar-refractivity contribution in [1.29, 1.82) is 5.26 Å². The number of hydrogen-bond donors (Lipinski definition) is 1. The summed E-state index contributed by atoms with van der Waals surface area (Å²) < 4.78 is 0. The number of nitrogens with zero attached hydrogens (tertiary/aromatic N) is 2. The Morgan fingerprint density at radius 2 is 2.33 bits per heavy atom. The van der Waals surface area contributed by atoms with Gasteiger partial charge in [0.25, 0.3) is 0 Å². The molecule has 0 bridgehead atoms. The lowest BCUT2D eigenvalue weighted by Gasteiger charge is -2.38. The van der Waals surface area contributed by atoms with E-state index in [-0.39, 0.29) is 5.91 Å². The van der Waals surface area contributed by atoms with Crippen molar-refractivity contribution in [3.05, 3.63) is 35.4 Å². The predicted octanol–water partition coefficient (Wildman–Crippen LogP) is 2.42. The Kier molecular flexibility index (Phi) is 4.64. The maximum Gasteiger partial charge on any atom is 0.242 e. The summed E-state index contributed by atoms with van der Waals surface area (Å²) >= 11 is 0. The first-order valence-corrected chi connectivity index (χ1v) is 7.48. The fourth-order valence-corrected chi connectivity index (χ4v) is 3.25. The molecule has 1 aliphatic rings. The van der Waals surface area contributed by atoms with Crippen LogP contribution in [0, 0.1) is 17.2 Å². The minimum absolute atomic E-state index is 0.0106. The van der Waals surface area contributed by atoms with Crippen molar-refractivity contribution in [2.45, 2.75) is 44.7 Å². The van der Waals surface area contributed by atoms with Crippen LogP contribution in [0.5, 0.6) is 0 Å². The molecule has 1 fully saturated rings. The highest BCUT2D eigenvalue weighted by Gasteiger charge is 2.39. The van der Waals surface area contributed by atoms with Gasteiger partial charge in [-0.1, -0.05) is 31.9 Å². The first kappa shape index (κ1) is 15.5. The van der Waals surface area contributed by atoms with Gasteiger partial charge in [0.05, 0.1) is 17.2 Å². The van der Waals surface area contributed by atoms with Crippen LogP contribution in [0.2, 0.25) is 0 Å². The average molecular weight is 285 g/mol. The van der Waals surface area contributed by atoms with Crippen LogP contribution >= 0.6 is 0 Å². The van der Waals surface area contributed by atoms with Gasteiger partial charge >= 0.3 is 0 Å². The summed E-state index contributed by atoms with van der Waals surface area (Å²) in [7, 11) is 1.79. The summed E-state index contributed by atoms with van der Waals surface area (Å²) in [6, 6.07) is 9.46. The maximum atomic E-state index is 12.7. The van der Waals surface area contributed by atoms with Gasteiger partial charge in [0, 0.05) is 13.6 Å². The molecule has 1 aromatic rings. The third kappa shape index (κ3) is 3.62. The Bertz CT molecular complexity index is 563.